The molecule has 0 bridgehead atoms. The second-order valence-electron chi connectivity index (χ2n) is 7.77. The van der Waals surface area contributed by atoms with Crippen molar-refractivity contribution in [3.8, 4) is 0 Å². The molecule has 0 saturated carbocycles. The molecular weight excluding hydrogens is 354 g/mol. The van der Waals surface area contributed by atoms with Crippen molar-refractivity contribution in [2.45, 2.75) is 40.3 Å². The summed E-state index contributed by atoms with van der Waals surface area (Å²) in [7, 11) is 0. The summed E-state index contributed by atoms with van der Waals surface area (Å²) in [5, 5.41) is 7.54. The van der Waals surface area contributed by atoms with Gasteiger partial charge in [-0.05, 0) is 72.3 Å². The molecule has 1 N–H and O–H groups in total. The van der Waals surface area contributed by atoms with Crippen LogP contribution in [0.2, 0.25) is 0 Å². The summed E-state index contributed by atoms with van der Waals surface area (Å²) in [4.78, 5) is 17.3. The Morgan fingerprint density at radius 1 is 1.07 bits per heavy atom. The molecule has 0 aliphatic carbocycles. The van der Waals surface area contributed by atoms with Crippen molar-refractivity contribution >= 4 is 17.2 Å². The fraction of sp³-hybridized carbons (Fsp3) is 0.500. The van der Waals surface area contributed by atoms with Crippen molar-refractivity contribution in [1.29, 1.82) is 0 Å². The van der Waals surface area contributed by atoms with Crippen LogP contribution in [0, 0.1) is 20.8 Å². The molecule has 1 aromatic carbocycles. The number of aryl methyl sites for hydroxylation is 3. The van der Waals surface area contributed by atoms with Crippen LogP contribution in [0.15, 0.2) is 29.0 Å². The lowest BCUT2D eigenvalue weighted by Crippen LogP contribution is -2.49. The number of nitrogens with one attached hydrogen (secondary N) is 1. The number of hydrogen-bond acceptors (Lipinski definition) is 4. The summed E-state index contributed by atoms with van der Waals surface area (Å²) < 4.78 is 0. The number of amides is 1. The van der Waals surface area contributed by atoms with Gasteiger partial charge in [0.2, 0.25) is 5.91 Å². The first kappa shape index (κ1) is 20.1. The van der Waals surface area contributed by atoms with Gasteiger partial charge in [-0.3, -0.25) is 14.6 Å². The quantitative estimate of drug-likeness (QED) is 0.824. The van der Waals surface area contributed by atoms with Gasteiger partial charge in [-0.2, -0.15) is 11.3 Å². The van der Waals surface area contributed by atoms with Crippen molar-refractivity contribution in [3.05, 3.63) is 56.8 Å². The number of hydrogen-bond donors (Lipinski definition) is 1. The minimum atomic E-state index is 0.0386. The van der Waals surface area contributed by atoms with Gasteiger partial charge >= 0.3 is 0 Å². The Balaban J connectivity index is 1.46. The predicted octanol–water partition coefficient (Wildman–Crippen LogP) is 3.67. The predicted molar refractivity (Wildman–Crippen MR) is 113 cm³/mol. The first-order valence-electron chi connectivity index (χ1n) is 9.75. The number of carbonyl (C=O) groups excluding carboxylic acids is 1. The van der Waals surface area contributed by atoms with Gasteiger partial charge in [0.1, 0.15) is 0 Å². The molecule has 1 atom stereocenters. The molecule has 1 saturated heterocycles. The Bertz CT molecular complexity index is 764. The Morgan fingerprint density at radius 3 is 2.41 bits per heavy atom. The minimum Gasteiger partial charge on any atom is -0.348 e. The third-order valence-corrected chi connectivity index (χ3v) is 6.28. The van der Waals surface area contributed by atoms with Crippen molar-refractivity contribution in [3.63, 3.8) is 0 Å². The summed E-state index contributed by atoms with van der Waals surface area (Å²) in [5.41, 5.74) is 6.43. The summed E-state index contributed by atoms with van der Waals surface area (Å²) in [5.74, 6) is 0.117. The van der Waals surface area contributed by atoms with Gasteiger partial charge in [0.05, 0.1) is 12.6 Å². The molecular formula is C22H31N3OS. The molecule has 1 aliphatic rings. The monoisotopic (exact) mass is 385 g/mol. The van der Waals surface area contributed by atoms with Crippen LogP contribution >= 0.6 is 11.3 Å². The van der Waals surface area contributed by atoms with Gasteiger partial charge in [-0.1, -0.05) is 12.1 Å². The average Bonchev–Trinajstić information content (AvgIpc) is 3.12. The van der Waals surface area contributed by atoms with Crippen LogP contribution in [-0.4, -0.2) is 48.4 Å². The Hall–Kier alpha value is -1.69. The summed E-state index contributed by atoms with van der Waals surface area (Å²) in [6.45, 7) is 13.9. The van der Waals surface area contributed by atoms with E-state index in [0.29, 0.717) is 6.54 Å². The van der Waals surface area contributed by atoms with Crippen molar-refractivity contribution in [1.82, 2.24) is 15.1 Å². The summed E-state index contributed by atoms with van der Waals surface area (Å²) >= 11 is 1.75. The Kier molecular flexibility index (Phi) is 6.68. The van der Waals surface area contributed by atoms with Crippen molar-refractivity contribution in [2.24, 2.45) is 0 Å². The second-order valence-corrected chi connectivity index (χ2v) is 8.55. The SMILES string of the molecule is Cc1cc(C)c(C(C)NC(=O)CN2CCN(Cc3ccsc3)CC2)cc1C. The Labute approximate surface area is 167 Å². The molecule has 3 rings (SSSR count). The first-order chi connectivity index (χ1) is 12.9. The number of piperazine rings is 1. The minimum absolute atomic E-state index is 0.0386. The standard InChI is InChI=1S/C22H31N3OS/c1-16-11-18(3)21(12-17(16)2)19(4)23-22(26)14-25-8-6-24(7-9-25)13-20-5-10-27-15-20/h5,10-12,15,19H,6-9,13-14H2,1-4H3,(H,23,26). The van der Waals surface area contributed by atoms with Gasteiger partial charge in [-0.25, -0.2) is 0 Å². The lowest BCUT2D eigenvalue weighted by Gasteiger charge is -2.34. The highest BCUT2D eigenvalue weighted by Crippen LogP contribution is 2.21. The van der Waals surface area contributed by atoms with Crippen LogP contribution in [0.5, 0.6) is 0 Å². The van der Waals surface area contributed by atoms with Crippen molar-refractivity contribution in [2.75, 3.05) is 32.7 Å². The highest BCUT2D eigenvalue weighted by molar-refractivity contribution is 7.07. The maximum absolute atomic E-state index is 12.5. The van der Waals surface area contributed by atoms with E-state index in [1.165, 1.54) is 27.8 Å². The van der Waals surface area contributed by atoms with E-state index in [9.17, 15) is 4.79 Å². The third-order valence-electron chi connectivity index (χ3n) is 5.54. The van der Waals surface area contributed by atoms with E-state index in [-0.39, 0.29) is 11.9 Å². The van der Waals surface area contributed by atoms with Crippen LogP contribution in [0.25, 0.3) is 0 Å². The summed E-state index contributed by atoms with van der Waals surface area (Å²) in [6, 6.07) is 6.65. The largest absolute Gasteiger partial charge is 0.348 e. The molecule has 4 nitrogen and oxygen atoms in total. The van der Waals surface area contributed by atoms with E-state index >= 15 is 0 Å². The van der Waals surface area contributed by atoms with E-state index in [2.05, 4.69) is 71.8 Å². The molecule has 1 fully saturated rings. The first-order valence-corrected chi connectivity index (χ1v) is 10.7. The second kappa shape index (κ2) is 9.00. The molecule has 146 valence electrons. The van der Waals surface area contributed by atoms with Crippen LogP contribution in [0.1, 0.15) is 40.8 Å². The van der Waals surface area contributed by atoms with E-state index in [1.54, 1.807) is 11.3 Å². The number of thiophene rings is 1. The number of benzene rings is 1. The lowest BCUT2D eigenvalue weighted by atomic mass is 9.96. The average molecular weight is 386 g/mol. The highest BCUT2D eigenvalue weighted by atomic mass is 32.1. The topological polar surface area (TPSA) is 35.6 Å². The lowest BCUT2D eigenvalue weighted by molar-refractivity contribution is -0.123. The van der Waals surface area contributed by atoms with Crippen LogP contribution in [0.3, 0.4) is 0 Å². The van der Waals surface area contributed by atoms with Crippen molar-refractivity contribution < 1.29 is 4.79 Å². The fourth-order valence-electron chi connectivity index (χ4n) is 3.76. The molecule has 2 heterocycles. The summed E-state index contributed by atoms with van der Waals surface area (Å²) in [6.07, 6.45) is 0. The molecule has 0 spiro atoms. The zero-order valence-electron chi connectivity index (χ0n) is 16.9. The number of rotatable bonds is 6. The van der Waals surface area contributed by atoms with Gasteiger partial charge < -0.3 is 5.32 Å². The smallest absolute Gasteiger partial charge is 0.234 e. The zero-order valence-corrected chi connectivity index (χ0v) is 17.7. The maximum atomic E-state index is 12.5. The number of carbonyl (C=O) groups is 1. The zero-order chi connectivity index (χ0) is 19.4. The maximum Gasteiger partial charge on any atom is 0.234 e. The van der Waals surface area contributed by atoms with E-state index in [1.807, 2.05) is 0 Å². The Morgan fingerprint density at radius 2 is 1.74 bits per heavy atom. The van der Waals surface area contributed by atoms with Crippen LogP contribution in [-0.2, 0) is 11.3 Å². The van der Waals surface area contributed by atoms with Crippen LogP contribution in [0.4, 0.5) is 0 Å². The van der Waals surface area contributed by atoms with E-state index in [0.717, 1.165) is 32.7 Å². The van der Waals surface area contributed by atoms with Gasteiger partial charge in [0.15, 0.2) is 0 Å². The number of nitrogens with zero attached hydrogens (tertiary/aromatic N) is 2. The molecule has 27 heavy (non-hydrogen) atoms. The molecule has 1 aromatic heterocycles. The fourth-order valence-corrected chi connectivity index (χ4v) is 4.42. The van der Waals surface area contributed by atoms with Gasteiger partial charge in [0.25, 0.3) is 0 Å². The van der Waals surface area contributed by atoms with Gasteiger partial charge in [0, 0.05) is 32.7 Å². The molecule has 1 amide bonds. The van der Waals surface area contributed by atoms with E-state index in [4.69, 9.17) is 0 Å². The van der Waals surface area contributed by atoms with E-state index < -0.39 is 0 Å². The molecule has 0 radical (unpaired) electrons. The molecule has 1 unspecified atom stereocenters. The molecule has 5 heteroatoms. The van der Waals surface area contributed by atoms with Gasteiger partial charge in [-0.15, -0.1) is 0 Å². The molecule has 2 aromatic rings. The third kappa shape index (κ3) is 5.41. The van der Waals surface area contributed by atoms with Crippen LogP contribution < -0.4 is 5.32 Å². The molecule has 1 aliphatic heterocycles. The normalized spacial score (nSPS) is 17.0. The highest BCUT2D eigenvalue weighted by Gasteiger charge is 2.20.